The zero-order chi connectivity index (χ0) is 20.8. The van der Waals surface area contributed by atoms with Crippen molar-refractivity contribution in [3.8, 4) is 11.5 Å². The third kappa shape index (κ3) is 5.29. The van der Waals surface area contributed by atoms with Crippen LogP contribution in [0.25, 0.3) is 0 Å². The molecule has 1 fully saturated rings. The Morgan fingerprint density at radius 2 is 1.86 bits per heavy atom. The Labute approximate surface area is 174 Å². The van der Waals surface area contributed by atoms with Gasteiger partial charge in [0, 0.05) is 45.8 Å². The number of rotatable bonds is 8. The second kappa shape index (κ2) is 9.78. The molecule has 0 radical (unpaired) electrons. The molecule has 1 aromatic heterocycles. The summed E-state index contributed by atoms with van der Waals surface area (Å²) in [5, 5.41) is 0. The quantitative estimate of drug-likeness (QED) is 0.676. The molecule has 1 aliphatic rings. The van der Waals surface area contributed by atoms with E-state index in [1.54, 1.807) is 20.5 Å². The van der Waals surface area contributed by atoms with Gasteiger partial charge in [0.05, 0.1) is 14.2 Å². The van der Waals surface area contributed by atoms with E-state index in [-0.39, 0.29) is 0 Å². The van der Waals surface area contributed by atoms with E-state index in [2.05, 4.69) is 45.0 Å². The number of nitrogens with zero attached hydrogens (tertiary/aromatic N) is 5. The molecule has 1 aliphatic heterocycles. The first kappa shape index (κ1) is 21.2. The van der Waals surface area contributed by atoms with Gasteiger partial charge in [-0.25, -0.2) is 9.97 Å². The van der Waals surface area contributed by atoms with Gasteiger partial charge < -0.3 is 24.2 Å². The lowest BCUT2D eigenvalue weighted by atomic mass is 10.0. The van der Waals surface area contributed by atoms with Crippen molar-refractivity contribution in [2.75, 3.05) is 64.8 Å². The van der Waals surface area contributed by atoms with Crippen LogP contribution in [0.2, 0.25) is 0 Å². The van der Waals surface area contributed by atoms with E-state index in [1.807, 2.05) is 25.1 Å². The minimum atomic E-state index is 0.515. The highest BCUT2D eigenvalue weighted by molar-refractivity contribution is 5.49. The highest BCUT2D eigenvalue weighted by Gasteiger charge is 2.24. The van der Waals surface area contributed by atoms with E-state index in [9.17, 15) is 0 Å². The van der Waals surface area contributed by atoms with Crippen LogP contribution in [0.4, 0.5) is 11.6 Å². The third-order valence-corrected chi connectivity index (χ3v) is 5.64. The molecule has 158 valence electrons. The normalized spacial score (nSPS) is 16.8. The largest absolute Gasteiger partial charge is 0.493 e. The number of hydrogen-bond acceptors (Lipinski definition) is 7. The summed E-state index contributed by atoms with van der Waals surface area (Å²) in [6.07, 6.45) is 5.03. The molecule has 0 bridgehead atoms. The summed E-state index contributed by atoms with van der Waals surface area (Å²) in [6.45, 7) is 3.04. The lowest BCUT2D eigenvalue weighted by molar-refractivity contribution is 0.217. The highest BCUT2D eigenvalue weighted by Crippen LogP contribution is 2.28. The fourth-order valence-electron chi connectivity index (χ4n) is 3.80. The van der Waals surface area contributed by atoms with Gasteiger partial charge in [-0.2, -0.15) is 0 Å². The Bertz CT molecular complexity index is 799. The zero-order valence-electron chi connectivity index (χ0n) is 18.3. The van der Waals surface area contributed by atoms with Crippen LogP contribution in [0, 0.1) is 0 Å². The van der Waals surface area contributed by atoms with Gasteiger partial charge in [0.25, 0.3) is 0 Å². The monoisotopic (exact) mass is 399 g/mol. The predicted molar refractivity (Wildman–Crippen MR) is 117 cm³/mol. The van der Waals surface area contributed by atoms with Crippen LogP contribution in [0.15, 0.2) is 30.6 Å². The fourth-order valence-corrected chi connectivity index (χ4v) is 3.80. The van der Waals surface area contributed by atoms with Crippen molar-refractivity contribution in [3.63, 3.8) is 0 Å². The van der Waals surface area contributed by atoms with Crippen LogP contribution in [-0.2, 0) is 6.42 Å². The van der Waals surface area contributed by atoms with Crippen molar-refractivity contribution >= 4 is 11.6 Å². The Kier molecular flexibility index (Phi) is 7.14. The summed E-state index contributed by atoms with van der Waals surface area (Å²) >= 11 is 0. The van der Waals surface area contributed by atoms with Gasteiger partial charge in [0.2, 0.25) is 0 Å². The van der Waals surface area contributed by atoms with Crippen LogP contribution in [0.3, 0.4) is 0 Å². The molecule has 7 nitrogen and oxygen atoms in total. The molecule has 1 saturated heterocycles. The number of methoxy groups -OCH3 is 2. The number of anilines is 2. The first-order valence-electron chi connectivity index (χ1n) is 10.2. The Morgan fingerprint density at radius 1 is 1.07 bits per heavy atom. The van der Waals surface area contributed by atoms with Crippen molar-refractivity contribution in [1.82, 2.24) is 14.9 Å². The molecule has 1 aromatic carbocycles. The number of ether oxygens (including phenoxy) is 2. The first-order chi connectivity index (χ1) is 14.0. The van der Waals surface area contributed by atoms with Crippen molar-refractivity contribution in [1.29, 1.82) is 0 Å². The van der Waals surface area contributed by atoms with Gasteiger partial charge in [0.15, 0.2) is 11.5 Å². The highest BCUT2D eigenvalue weighted by atomic mass is 16.5. The fraction of sp³-hybridized carbons (Fsp3) is 0.545. The number of hydrogen-bond donors (Lipinski definition) is 0. The van der Waals surface area contributed by atoms with Gasteiger partial charge in [-0.3, -0.25) is 0 Å². The second-order valence-electron chi connectivity index (χ2n) is 7.79. The van der Waals surface area contributed by atoms with Crippen LogP contribution >= 0.6 is 0 Å². The van der Waals surface area contributed by atoms with Gasteiger partial charge in [-0.15, -0.1) is 0 Å². The zero-order valence-corrected chi connectivity index (χ0v) is 18.3. The standard InChI is InChI=1S/C22H33N5O2/c1-25(2)21-14-22(24-16-23-21)27-11-6-7-18(15-27)26(3)12-10-17-8-9-19(28-4)20(13-17)29-5/h8-9,13-14,16,18H,6-7,10-12,15H2,1-5H3/t18-/m0/s1. The number of benzene rings is 1. The minimum Gasteiger partial charge on any atom is -0.493 e. The van der Waals surface area contributed by atoms with Crippen molar-refractivity contribution in [3.05, 3.63) is 36.2 Å². The second-order valence-corrected chi connectivity index (χ2v) is 7.79. The average Bonchev–Trinajstić information content (AvgIpc) is 2.77. The van der Waals surface area contributed by atoms with E-state index in [4.69, 9.17) is 9.47 Å². The maximum Gasteiger partial charge on any atom is 0.160 e. The van der Waals surface area contributed by atoms with Gasteiger partial charge in [-0.05, 0) is 44.0 Å². The molecule has 0 unspecified atom stereocenters. The molecule has 0 N–H and O–H groups in total. The molecule has 29 heavy (non-hydrogen) atoms. The molecule has 1 atom stereocenters. The number of piperidine rings is 1. The van der Waals surface area contributed by atoms with E-state index >= 15 is 0 Å². The first-order valence-corrected chi connectivity index (χ1v) is 10.2. The third-order valence-electron chi connectivity index (χ3n) is 5.64. The summed E-state index contributed by atoms with van der Waals surface area (Å²) in [4.78, 5) is 15.7. The topological polar surface area (TPSA) is 54.0 Å². The smallest absolute Gasteiger partial charge is 0.160 e. The summed E-state index contributed by atoms with van der Waals surface area (Å²) in [5.41, 5.74) is 1.26. The van der Waals surface area contributed by atoms with Crippen LogP contribution in [-0.4, -0.2) is 75.9 Å². The molecule has 0 spiro atoms. The molecular weight excluding hydrogens is 366 g/mol. The van der Waals surface area contributed by atoms with E-state index in [0.29, 0.717) is 6.04 Å². The molecule has 0 aliphatic carbocycles. The average molecular weight is 400 g/mol. The van der Waals surface area contributed by atoms with Gasteiger partial charge in [0.1, 0.15) is 18.0 Å². The van der Waals surface area contributed by atoms with Gasteiger partial charge in [-0.1, -0.05) is 6.07 Å². The predicted octanol–water partition coefficient (Wildman–Crippen LogP) is 2.70. The minimum absolute atomic E-state index is 0.515. The van der Waals surface area contributed by atoms with E-state index in [0.717, 1.165) is 49.2 Å². The maximum atomic E-state index is 5.43. The Morgan fingerprint density at radius 3 is 2.59 bits per heavy atom. The molecule has 0 saturated carbocycles. The Balaban J connectivity index is 1.60. The van der Waals surface area contributed by atoms with E-state index in [1.165, 1.54) is 18.4 Å². The van der Waals surface area contributed by atoms with Crippen LogP contribution in [0.1, 0.15) is 18.4 Å². The van der Waals surface area contributed by atoms with Gasteiger partial charge >= 0.3 is 0 Å². The number of aromatic nitrogens is 2. The molecule has 2 heterocycles. The molecule has 7 heteroatoms. The molecular formula is C22H33N5O2. The van der Waals surface area contributed by atoms with Crippen LogP contribution in [0.5, 0.6) is 11.5 Å². The maximum absolute atomic E-state index is 5.43. The lowest BCUT2D eigenvalue weighted by Crippen LogP contribution is -2.47. The summed E-state index contributed by atoms with van der Waals surface area (Å²) in [5.74, 6) is 3.52. The summed E-state index contributed by atoms with van der Waals surface area (Å²) < 4.78 is 10.8. The van der Waals surface area contributed by atoms with Crippen molar-refractivity contribution < 1.29 is 9.47 Å². The SMILES string of the molecule is COc1ccc(CCN(C)[C@H]2CCCN(c3cc(N(C)C)ncn3)C2)cc1OC. The Hall–Kier alpha value is -2.54. The summed E-state index contributed by atoms with van der Waals surface area (Å²) in [6, 6.07) is 8.76. The van der Waals surface area contributed by atoms with Crippen molar-refractivity contribution in [2.24, 2.45) is 0 Å². The lowest BCUT2D eigenvalue weighted by Gasteiger charge is -2.38. The molecule has 3 rings (SSSR count). The van der Waals surface area contributed by atoms with Crippen molar-refractivity contribution in [2.45, 2.75) is 25.3 Å². The molecule has 2 aromatic rings. The summed E-state index contributed by atoms with van der Waals surface area (Å²) in [7, 11) is 9.58. The molecule has 0 amide bonds. The van der Waals surface area contributed by atoms with Crippen LogP contribution < -0.4 is 19.3 Å². The van der Waals surface area contributed by atoms with E-state index < -0.39 is 0 Å². The number of likely N-dealkylation sites (N-methyl/N-ethyl adjacent to an activating group) is 1.